The van der Waals surface area contributed by atoms with Crippen LogP contribution in [0.15, 0.2) is 41.3 Å². The molecule has 0 saturated carbocycles. The second-order valence-corrected chi connectivity index (χ2v) is 7.64. The normalized spacial score (nSPS) is 16.3. The molecule has 1 atom stereocenters. The van der Waals surface area contributed by atoms with Crippen molar-refractivity contribution < 1.29 is 9.59 Å². The number of likely N-dealkylation sites (N-methyl/N-ethyl adjacent to an activating group) is 1. The zero-order valence-corrected chi connectivity index (χ0v) is 16.9. The Morgan fingerprint density at radius 3 is 2.57 bits per heavy atom. The maximum atomic E-state index is 13.2. The van der Waals surface area contributed by atoms with E-state index in [9.17, 15) is 14.4 Å². The van der Waals surface area contributed by atoms with Gasteiger partial charge in [-0.3, -0.25) is 14.4 Å². The lowest BCUT2D eigenvalue weighted by Crippen LogP contribution is -2.38. The summed E-state index contributed by atoms with van der Waals surface area (Å²) in [5.74, 6) is -0.460. The fourth-order valence-electron chi connectivity index (χ4n) is 3.59. The highest BCUT2D eigenvalue weighted by molar-refractivity contribution is 5.94. The van der Waals surface area contributed by atoms with Crippen LogP contribution in [0.25, 0.3) is 0 Å². The summed E-state index contributed by atoms with van der Waals surface area (Å²) in [5, 5.41) is 0. The molecule has 6 heteroatoms. The number of pyridine rings is 1. The quantitative estimate of drug-likeness (QED) is 0.818. The smallest absolute Gasteiger partial charge is 0.263 e. The van der Waals surface area contributed by atoms with Crippen molar-refractivity contribution in [2.45, 2.75) is 39.3 Å². The molecule has 1 aliphatic rings. The van der Waals surface area contributed by atoms with Crippen LogP contribution in [0.3, 0.4) is 0 Å². The van der Waals surface area contributed by atoms with Crippen LogP contribution < -0.4 is 5.56 Å². The third-order valence-corrected chi connectivity index (χ3v) is 5.48. The van der Waals surface area contributed by atoms with E-state index in [4.69, 9.17) is 0 Å². The van der Waals surface area contributed by atoms with Gasteiger partial charge >= 0.3 is 0 Å². The molecule has 1 aromatic heterocycles. The number of likely N-dealkylation sites (tertiary alicyclic amines) is 1. The number of rotatable bonds is 4. The van der Waals surface area contributed by atoms with E-state index >= 15 is 0 Å². The molecule has 6 nitrogen and oxygen atoms in total. The molecule has 1 aromatic carbocycles. The predicted octanol–water partition coefficient (Wildman–Crippen LogP) is 2.53. The summed E-state index contributed by atoms with van der Waals surface area (Å²) in [6.07, 6.45) is 3.34. The van der Waals surface area contributed by atoms with Gasteiger partial charge in [0, 0.05) is 26.8 Å². The fourth-order valence-corrected chi connectivity index (χ4v) is 3.59. The molecule has 0 N–H and O–H groups in total. The summed E-state index contributed by atoms with van der Waals surface area (Å²) in [7, 11) is 3.28. The zero-order chi connectivity index (χ0) is 20.4. The van der Waals surface area contributed by atoms with Crippen molar-refractivity contribution in [3.63, 3.8) is 0 Å². The van der Waals surface area contributed by atoms with Crippen molar-refractivity contribution in [1.29, 1.82) is 0 Å². The second-order valence-electron chi connectivity index (χ2n) is 7.64. The monoisotopic (exact) mass is 381 g/mol. The molecule has 0 bridgehead atoms. The number of carbonyl (C=O) groups excluding carboxylic acids is 2. The van der Waals surface area contributed by atoms with Crippen molar-refractivity contribution in [3.8, 4) is 0 Å². The molecular weight excluding hydrogens is 354 g/mol. The molecule has 148 valence electrons. The lowest BCUT2D eigenvalue weighted by Gasteiger charge is -2.25. The standard InChI is InChI=1S/C22H27N3O3/c1-15-9-10-17(13-16(15)2)19-8-6-12-25(19)22(28)18-7-5-11-24(21(18)27)14-20(26)23(3)4/h5,7,9-11,13,19H,6,8,12,14H2,1-4H3/t19-/m1/s1. The minimum atomic E-state index is -0.423. The van der Waals surface area contributed by atoms with Crippen LogP contribution in [0.1, 0.15) is 45.9 Å². The molecule has 1 fully saturated rings. The molecular formula is C22H27N3O3. The SMILES string of the molecule is Cc1ccc([C@H]2CCCN2C(=O)c2cccn(CC(=O)N(C)C)c2=O)cc1C. The van der Waals surface area contributed by atoms with Crippen LogP contribution in [0.5, 0.6) is 0 Å². The molecule has 1 saturated heterocycles. The molecule has 2 aromatic rings. The third-order valence-electron chi connectivity index (χ3n) is 5.48. The summed E-state index contributed by atoms with van der Waals surface area (Å²) in [6.45, 7) is 4.69. The molecule has 3 rings (SSSR count). The molecule has 0 unspecified atom stereocenters. The van der Waals surface area contributed by atoms with Crippen LogP contribution in [-0.2, 0) is 11.3 Å². The Hall–Kier alpha value is -2.89. The summed E-state index contributed by atoms with van der Waals surface area (Å²) in [6, 6.07) is 9.45. The van der Waals surface area contributed by atoms with Crippen LogP contribution in [0.2, 0.25) is 0 Å². The van der Waals surface area contributed by atoms with Gasteiger partial charge in [-0.25, -0.2) is 0 Å². The number of hydrogen-bond donors (Lipinski definition) is 0. The summed E-state index contributed by atoms with van der Waals surface area (Å²) in [5.41, 5.74) is 3.21. The molecule has 0 aliphatic carbocycles. The van der Waals surface area contributed by atoms with Crippen LogP contribution in [0, 0.1) is 13.8 Å². The molecule has 28 heavy (non-hydrogen) atoms. The minimum absolute atomic E-state index is 0.0248. The highest BCUT2D eigenvalue weighted by Crippen LogP contribution is 2.33. The highest BCUT2D eigenvalue weighted by atomic mass is 16.2. The average Bonchev–Trinajstić information content (AvgIpc) is 3.14. The van der Waals surface area contributed by atoms with Gasteiger partial charge in [0.1, 0.15) is 12.1 Å². The van der Waals surface area contributed by atoms with Gasteiger partial charge in [0.15, 0.2) is 0 Å². The van der Waals surface area contributed by atoms with Crippen LogP contribution >= 0.6 is 0 Å². The van der Waals surface area contributed by atoms with Gasteiger partial charge in [-0.1, -0.05) is 18.2 Å². The third kappa shape index (κ3) is 3.86. The second kappa shape index (κ2) is 8.00. The van der Waals surface area contributed by atoms with Crippen LogP contribution in [-0.4, -0.2) is 46.8 Å². The number of benzene rings is 1. The Bertz CT molecular complexity index is 962. The molecule has 0 spiro atoms. The van der Waals surface area contributed by atoms with Crippen LogP contribution in [0.4, 0.5) is 0 Å². The number of hydrogen-bond acceptors (Lipinski definition) is 3. The van der Waals surface area contributed by atoms with E-state index in [-0.39, 0.29) is 30.0 Å². The van der Waals surface area contributed by atoms with E-state index in [1.807, 2.05) is 0 Å². The first-order valence-corrected chi connectivity index (χ1v) is 9.57. The van der Waals surface area contributed by atoms with Crippen molar-refractivity contribution in [1.82, 2.24) is 14.4 Å². The van der Waals surface area contributed by atoms with Crippen molar-refractivity contribution >= 4 is 11.8 Å². The molecule has 1 aliphatic heterocycles. The van der Waals surface area contributed by atoms with Gasteiger partial charge in [0.05, 0.1) is 6.04 Å². The largest absolute Gasteiger partial charge is 0.347 e. The Labute approximate surface area is 165 Å². The van der Waals surface area contributed by atoms with Crippen molar-refractivity contribution in [2.75, 3.05) is 20.6 Å². The maximum Gasteiger partial charge on any atom is 0.263 e. The number of carbonyl (C=O) groups is 2. The van der Waals surface area contributed by atoms with Crippen molar-refractivity contribution in [3.05, 3.63) is 69.1 Å². The van der Waals surface area contributed by atoms with Gasteiger partial charge < -0.3 is 14.4 Å². The minimum Gasteiger partial charge on any atom is -0.347 e. The van der Waals surface area contributed by atoms with Gasteiger partial charge in [-0.05, 0) is 55.5 Å². The van der Waals surface area contributed by atoms with E-state index in [0.717, 1.165) is 18.4 Å². The lowest BCUT2D eigenvalue weighted by molar-refractivity contribution is -0.129. The number of nitrogens with zero attached hydrogens (tertiary/aromatic N) is 3. The first kappa shape index (κ1) is 19.9. The Morgan fingerprint density at radius 2 is 1.89 bits per heavy atom. The fraction of sp³-hybridized carbons (Fsp3) is 0.409. The van der Waals surface area contributed by atoms with Gasteiger partial charge in [-0.15, -0.1) is 0 Å². The number of amides is 2. The number of aryl methyl sites for hydroxylation is 2. The summed E-state index contributed by atoms with van der Waals surface area (Å²) < 4.78 is 1.30. The summed E-state index contributed by atoms with van der Waals surface area (Å²) in [4.78, 5) is 41.2. The highest BCUT2D eigenvalue weighted by Gasteiger charge is 2.32. The van der Waals surface area contributed by atoms with Gasteiger partial charge in [-0.2, -0.15) is 0 Å². The zero-order valence-electron chi connectivity index (χ0n) is 16.9. The number of aromatic nitrogens is 1. The predicted molar refractivity (Wildman–Crippen MR) is 108 cm³/mol. The van der Waals surface area contributed by atoms with E-state index in [2.05, 4.69) is 32.0 Å². The Kier molecular flexibility index (Phi) is 5.68. The molecule has 0 radical (unpaired) electrons. The first-order valence-electron chi connectivity index (χ1n) is 9.57. The Balaban J connectivity index is 1.89. The van der Waals surface area contributed by atoms with E-state index in [0.29, 0.717) is 6.54 Å². The van der Waals surface area contributed by atoms with Gasteiger partial charge in [0.2, 0.25) is 5.91 Å². The van der Waals surface area contributed by atoms with E-state index in [1.54, 1.807) is 37.3 Å². The lowest BCUT2D eigenvalue weighted by atomic mass is 9.99. The Morgan fingerprint density at radius 1 is 1.14 bits per heavy atom. The van der Waals surface area contributed by atoms with E-state index < -0.39 is 5.56 Å². The first-order chi connectivity index (χ1) is 13.3. The average molecular weight is 381 g/mol. The van der Waals surface area contributed by atoms with E-state index in [1.165, 1.54) is 20.6 Å². The molecule has 2 amide bonds. The van der Waals surface area contributed by atoms with Gasteiger partial charge in [0.25, 0.3) is 11.5 Å². The maximum absolute atomic E-state index is 13.2. The molecule has 2 heterocycles. The topological polar surface area (TPSA) is 62.6 Å². The summed E-state index contributed by atoms with van der Waals surface area (Å²) >= 11 is 0. The van der Waals surface area contributed by atoms with Crippen molar-refractivity contribution in [2.24, 2.45) is 0 Å².